The zero-order valence-electron chi connectivity index (χ0n) is 7.71. The van der Waals surface area contributed by atoms with Crippen LogP contribution in [0.15, 0.2) is 0 Å². The van der Waals surface area contributed by atoms with E-state index in [1.54, 1.807) is 0 Å². The van der Waals surface area contributed by atoms with Gasteiger partial charge >= 0.3 is 12.3 Å². The van der Waals surface area contributed by atoms with Gasteiger partial charge in [0.25, 0.3) is 0 Å². The molecule has 0 aromatic rings. The van der Waals surface area contributed by atoms with Crippen molar-refractivity contribution in [2.75, 3.05) is 6.61 Å². The van der Waals surface area contributed by atoms with Crippen molar-refractivity contribution in [3.05, 3.63) is 0 Å². The molecular weight excluding hydrogens is 295 g/mol. The highest BCUT2D eigenvalue weighted by molar-refractivity contribution is 9.09. The van der Waals surface area contributed by atoms with Crippen molar-refractivity contribution < 1.29 is 38.5 Å². The van der Waals surface area contributed by atoms with E-state index in [2.05, 4.69) is 25.4 Å². The summed E-state index contributed by atoms with van der Waals surface area (Å²) in [4.78, 5) is 29.3. The van der Waals surface area contributed by atoms with Crippen LogP contribution in [0.4, 0.5) is 14.0 Å². The molecule has 0 aromatic carbocycles. The molecule has 0 aromatic heterocycles. The number of carbonyl (C=O) groups is 3. The van der Waals surface area contributed by atoms with Crippen LogP contribution in [-0.2, 0) is 14.3 Å². The highest BCUT2D eigenvalue weighted by Crippen LogP contribution is 2.16. The SMILES string of the molecule is O=C[C@@H](F)[C@H](OC(=O)O)[C@H](Br)COC(=O)O. The van der Waals surface area contributed by atoms with Crippen LogP contribution in [0.25, 0.3) is 0 Å². The number of rotatable bonds is 6. The number of hydrogen-bond acceptors (Lipinski definition) is 5. The molecule has 0 fully saturated rings. The number of carbonyl (C=O) groups excluding carboxylic acids is 1. The fourth-order valence-corrected chi connectivity index (χ4v) is 1.31. The van der Waals surface area contributed by atoms with Gasteiger partial charge in [-0.3, -0.25) is 4.79 Å². The molecule has 9 heteroatoms. The predicted octanol–water partition coefficient (Wildman–Crippen LogP) is 1.04. The van der Waals surface area contributed by atoms with Crippen molar-refractivity contribution in [2.24, 2.45) is 0 Å². The van der Waals surface area contributed by atoms with Gasteiger partial charge in [-0.15, -0.1) is 0 Å². The van der Waals surface area contributed by atoms with Gasteiger partial charge in [-0.2, -0.15) is 0 Å². The van der Waals surface area contributed by atoms with Gasteiger partial charge in [-0.1, -0.05) is 15.9 Å². The Kier molecular flexibility index (Phi) is 6.38. The summed E-state index contributed by atoms with van der Waals surface area (Å²) in [6, 6.07) is 0. The first-order valence-corrected chi connectivity index (χ1v) is 4.78. The second kappa shape index (κ2) is 6.99. The molecule has 0 heterocycles. The van der Waals surface area contributed by atoms with Crippen LogP contribution in [0.5, 0.6) is 0 Å². The minimum absolute atomic E-state index is 0.150. The van der Waals surface area contributed by atoms with Gasteiger partial charge < -0.3 is 19.7 Å². The van der Waals surface area contributed by atoms with Gasteiger partial charge in [0.05, 0.1) is 4.83 Å². The topological polar surface area (TPSA) is 110 Å². The summed E-state index contributed by atoms with van der Waals surface area (Å²) >= 11 is 2.77. The largest absolute Gasteiger partial charge is 0.506 e. The first-order valence-electron chi connectivity index (χ1n) is 3.87. The number of carboxylic acid groups (broad SMARTS) is 2. The maximum absolute atomic E-state index is 12.9. The molecule has 0 aliphatic carbocycles. The van der Waals surface area contributed by atoms with Crippen LogP contribution < -0.4 is 0 Å². The summed E-state index contributed by atoms with van der Waals surface area (Å²) < 4.78 is 21.1. The number of alkyl halides is 2. The van der Waals surface area contributed by atoms with Gasteiger partial charge in [-0.05, 0) is 0 Å². The molecule has 0 radical (unpaired) electrons. The van der Waals surface area contributed by atoms with Crippen LogP contribution in [0.2, 0.25) is 0 Å². The Morgan fingerprint density at radius 2 is 1.94 bits per heavy atom. The molecule has 0 unspecified atom stereocenters. The van der Waals surface area contributed by atoms with E-state index in [9.17, 15) is 18.8 Å². The summed E-state index contributed by atoms with van der Waals surface area (Å²) in [5, 5.41) is 16.4. The van der Waals surface area contributed by atoms with Crippen LogP contribution in [0.1, 0.15) is 0 Å². The summed E-state index contributed by atoms with van der Waals surface area (Å²) in [5.41, 5.74) is 0. The molecule has 0 saturated carbocycles. The van der Waals surface area contributed by atoms with Crippen molar-refractivity contribution in [3.8, 4) is 0 Å². The molecule has 0 rings (SSSR count). The number of hydrogen-bond donors (Lipinski definition) is 2. The lowest BCUT2D eigenvalue weighted by atomic mass is 10.2. The van der Waals surface area contributed by atoms with E-state index in [-0.39, 0.29) is 6.29 Å². The Bertz CT molecular complexity index is 271. The molecule has 0 spiro atoms. The van der Waals surface area contributed by atoms with Crippen molar-refractivity contribution in [2.45, 2.75) is 17.1 Å². The first-order chi connectivity index (χ1) is 7.38. The smallest absolute Gasteiger partial charge is 0.450 e. The maximum Gasteiger partial charge on any atom is 0.506 e. The van der Waals surface area contributed by atoms with Crippen molar-refractivity contribution in [1.29, 1.82) is 0 Å². The van der Waals surface area contributed by atoms with Crippen molar-refractivity contribution in [3.63, 3.8) is 0 Å². The average molecular weight is 303 g/mol. The predicted molar refractivity (Wildman–Crippen MR) is 50.5 cm³/mol. The van der Waals surface area contributed by atoms with Crippen molar-refractivity contribution >= 4 is 34.5 Å². The molecule has 92 valence electrons. The van der Waals surface area contributed by atoms with Gasteiger partial charge in [0.15, 0.2) is 18.6 Å². The molecule has 7 nitrogen and oxygen atoms in total. The first kappa shape index (κ1) is 14.6. The molecule has 0 amide bonds. The molecule has 0 bridgehead atoms. The third-order valence-electron chi connectivity index (χ3n) is 1.40. The Morgan fingerprint density at radius 1 is 1.38 bits per heavy atom. The molecule has 0 aliphatic heterocycles. The van der Waals surface area contributed by atoms with E-state index >= 15 is 0 Å². The maximum atomic E-state index is 12.9. The van der Waals surface area contributed by atoms with E-state index in [4.69, 9.17) is 10.2 Å². The van der Waals surface area contributed by atoms with Gasteiger partial charge in [0.2, 0.25) is 0 Å². The Labute approximate surface area is 97.3 Å². The quantitative estimate of drug-likeness (QED) is 0.428. The molecule has 3 atom stereocenters. The minimum atomic E-state index is -2.21. The molecule has 16 heavy (non-hydrogen) atoms. The van der Waals surface area contributed by atoms with Crippen LogP contribution in [0, 0.1) is 0 Å². The summed E-state index contributed by atoms with van der Waals surface area (Å²) in [6.45, 7) is -0.554. The van der Waals surface area contributed by atoms with Gasteiger partial charge in [0, 0.05) is 0 Å². The summed E-state index contributed by atoms with van der Waals surface area (Å²) in [5.74, 6) is 0. The lowest BCUT2D eigenvalue weighted by Gasteiger charge is -2.20. The number of aldehydes is 1. The highest BCUT2D eigenvalue weighted by atomic mass is 79.9. The number of ether oxygens (including phenoxy) is 2. The second-order valence-corrected chi connectivity index (χ2v) is 3.70. The molecular formula is C7H8BrFO7. The fraction of sp³-hybridized carbons (Fsp3) is 0.571. The van der Waals surface area contributed by atoms with Gasteiger partial charge in [-0.25, -0.2) is 14.0 Å². The molecule has 0 aliphatic rings. The zero-order chi connectivity index (χ0) is 12.7. The minimum Gasteiger partial charge on any atom is -0.450 e. The van der Waals surface area contributed by atoms with Crippen molar-refractivity contribution in [1.82, 2.24) is 0 Å². The average Bonchev–Trinajstić information content (AvgIpc) is 2.21. The summed E-state index contributed by atoms with van der Waals surface area (Å²) in [7, 11) is 0. The fourth-order valence-electron chi connectivity index (χ4n) is 0.778. The third-order valence-corrected chi connectivity index (χ3v) is 2.19. The standard InChI is InChI=1S/C7H8BrFO7/c8-3(2-15-6(11)12)5(4(9)1-10)16-7(13)14/h1,3-5H,2H2,(H,11,12)(H,13,14)/t3-,4-,5-/m1/s1. The van der Waals surface area contributed by atoms with Crippen LogP contribution >= 0.6 is 15.9 Å². The lowest BCUT2D eigenvalue weighted by Crippen LogP contribution is -2.39. The van der Waals surface area contributed by atoms with E-state index in [1.807, 2.05) is 0 Å². The molecule has 0 saturated heterocycles. The lowest BCUT2D eigenvalue weighted by molar-refractivity contribution is -0.116. The highest BCUT2D eigenvalue weighted by Gasteiger charge is 2.32. The monoisotopic (exact) mass is 302 g/mol. The van der Waals surface area contributed by atoms with E-state index in [1.165, 1.54) is 0 Å². The van der Waals surface area contributed by atoms with E-state index < -0.39 is 36.0 Å². The van der Waals surface area contributed by atoms with Gasteiger partial charge in [0.1, 0.15) is 6.61 Å². The number of halogens is 2. The van der Waals surface area contributed by atoms with Crippen LogP contribution in [-0.4, -0.2) is 52.5 Å². The van der Waals surface area contributed by atoms with Crippen LogP contribution in [0.3, 0.4) is 0 Å². The second-order valence-electron chi connectivity index (χ2n) is 2.52. The normalized spacial score (nSPS) is 15.6. The zero-order valence-corrected chi connectivity index (χ0v) is 9.29. The third kappa shape index (κ3) is 5.49. The van der Waals surface area contributed by atoms with E-state index in [0.717, 1.165) is 0 Å². The molecule has 2 N–H and O–H groups in total. The Hall–Kier alpha value is -1.38. The van der Waals surface area contributed by atoms with E-state index in [0.29, 0.717) is 0 Å². The Balaban J connectivity index is 4.42. The Morgan fingerprint density at radius 3 is 2.31 bits per heavy atom. The summed E-state index contributed by atoms with van der Waals surface area (Å²) in [6.07, 6.45) is -7.43.